The van der Waals surface area contributed by atoms with Crippen LogP contribution in [0.4, 0.5) is 0 Å². The van der Waals surface area contributed by atoms with Gasteiger partial charge in [0.2, 0.25) is 0 Å². The van der Waals surface area contributed by atoms with Gasteiger partial charge in [-0.25, -0.2) is 4.98 Å². The van der Waals surface area contributed by atoms with E-state index in [1.807, 2.05) is 24.4 Å². The Hall–Kier alpha value is -1.25. The molecule has 2 heterocycles. The molecule has 0 saturated carbocycles. The molecule has 0 aliphatic carbocycles. The Kier molecular flexibility index (Phi) is 0.897. The molecule has 2 aromatic rings. The molecule has 0 N–H and O–H groups in total. The Morgan fingerprint density at radius 1 is 1.50 bits per heavy atom. The van der Waals surface area contributed by atoms with Crippen LogP contribution in [0.15, 0.2) is 16.8 Å². The standard InChI is InChI=1S/C7H8N2O/c1-5-3-8-7-9(5)4-6(2)10-7/h3-4H,1-2H3. The van der Waals surface area contributed by atoms with Crippen LogP contribution in [0.2, 0.25) is 0 Å². The van der Waals surface area contributed by atoms with Crippen molar-refractivity contribution in [1.29, 1.82) is 0 Å². The number of nitrogens with zero attached hydrogens (tertiary/aromatic N) is 2. The Morgan fingerprint density at radius 2 is 2.30 bits per heavy atom. The summed E-state index contributed by atoms with van der Waals surface area (Å²) in [5, 5.41) is 0. The predicted octanol–water partition coefficient (Wildman–Crippen LogP) is 1.54. The van der Waals surface area contributed by atoms with E-state index >= 15 is 0 Å². The van der Waals surface area contributed by atoms with E-state index in [0.29, 0.717) is 5.84 Å². The van der Waals surface area contributed by atoms with E-state index in [4.69, 9.17) is 4.42 Å². The molecule has 0 bridgehead atoms. The summed E-state index contributed by atoms with van der Waals surface area (Å²) in [6, 6.07) is 0. The third-order valence-corrected chi connectivity index (χ3v) is 1.51. The third-order valence-electron chi connectivity index (χ3n) is 1.51. The van der Waals surface area contributed by atoms with Gasteiger partial charge in [0, 0.05) is 5.69 Å². The molecular formula is C7H8N2O. The van der Waals surface area contributed by atoms with E-state index in [-0.39, 0.29) is 0 Å². The van der Waals surface area contributed by atoms with Crippen molar-refractivity contribution in [2.75, 3.05) is 0 Å². The first kappa shape index (κ1) is 5.53. The second kappa shape index (κ2) is 1.62. The molecule has 10 heavy (non-hydrogen) atoms. The van der Waals surface area contributed by atoms with Crippen molar-refractivity contribution in [1.82, 2.24) is 9.38 Å². The minimum Gasteiger partial charge on any atom is -0.429 e. The normalized spacial score (nSPS) is 11.0. The van der Waals surface area contributed by atoms with Gasteiger partial charge in [0.15, 0.2) is 0 Å². The van der Waals surface area contributed by atoms with E-state index in [2.05, 4.69) is 4.98 Å². The minimum atomic E-state index is 0.676. The number of hydrogen-bond acceptors (Lipinski definition) is 2. The molecule has 0 spiro atoms. The fraction of sp³-hybridized carbons (Fsp3) is 0.286. The SMILES string of the molecule is Cc1cn2c(C)cnc2o1. The van der Waals surface area contributed by atoms with Crippen molar-refractivity contribution in [2.45, 2.75) is 13.8 Å². The van der Waals surface area contributed by atoms with Gasteiger partial charge >= 0.3 is 5.84 Å². The van der Waals surface area contributed by atoms with E-state index < -0.39 is 0 Å². The van der Waals surface area contributed by atoms with E-state index in [1.165, 1.54) is 0 Å². The number of hydrogen-bond donors (Lipinski definition) is 0. The largest absolute Gasteiger partial charge is 0.429 e. The lowest BCUT2D eigenvalue weighted by atomic mass is 10.5. The Morgan fingerprint density at radius 3 is 3.00 bits per heavy atom. The van der Waals surface area contributed by atoms with E-state index in [1.54, 1.807) is 6.20 Å². The molecule has 0 aliphatic rings. The molecule has 3 nitrogen and oxygen atoms in total. The van der Waals surface area contributed by atoms with Gasteiger partial charge in [-0.15, -0.1) is 0 Å². The Labute approximate surface area is 58.3 Å². The van der Waals surface area contributed by atoms with Crippen molar-refractivity contribution >= 4 is 5.84 Å². The highest BCUT2D eigenvalue weighted by Crippen LogP contribution is 2.09. The summed E-state index contributed by atoms with van der Waals surface area (Å²) in [5.74, 6) is 1.57. The molecular weight excluding hydrogens is 128 g/mol. The van der Waals surface area contributed by atoms with Crippen LogP contribution >= 0.6 is 0 Å². The Bertz CT molecular complexity index is 358. The van der Waals surface area contributed by atoms with Gasteiger partial charge in [0.25, 0.3) is 0 Å². The molecule has 0 saturated heterocycles. The number of aromatic nitrogens is 2. The first-order valence-corrected chi connectivity index (χ1v) is 3.17. The van der Waals surface area contributed by atoms with Gasteiger partial charge in [-0.1, -0.05) is 0 Å². The van der Waals surface area contributed by atoms with Crippen molar-refractivity contribution < 1.29 is 4.42 Å². The molecule has 0 radical (unpaired) electrons. The molecule has 0 aliphatic heterocycles. The molecule has 0 atom stereocenters. The lowest BCUT2D eigenvalue weighted by Crippen LogP contribution is -1.77. The van der Waals surface area contributed by atoms with Gasteiger partial charge in [-0.05, 0) is 13.8 Å². The maximum Gasteiger partial charge on any atom is 0.306 e. The maximum atomic E-state index is 5.24. The summed E-state index contributed by atoms with van der Waals surface area (Å²) < 4.78 is 7.17. The first-order chi connectivity index (χ1) is 4.77. The van der Waals surface area contributed by atoms with Crippen LogP contribution in [-0.2, 0) is 0 Å². The van der Waals surface area contributed by atoms with Crippen molar-refractivity contribution in [2.24, 2.45) is 0 Å². The summed E-state index contributed by atoms with van der Waals surface area (Å²) in [7, 11) is 0. The van der Waals surface area contributed by atoms with Crippen molar-refractivity contribution in [3.63, 3.8) is 0 Å². The number of aryl methyl sites for hydroxylation is 2. The molecule has 0 amide bonds. The molecule has 0 fully saturated rings. The fourth-order valence-electron chi connectivity index (χ4n) is 1.01. The zero-order valence-electron chi connectivity index (χ0n) is 5.96. The van der Waals surface area contributed by atoms with E-state index in [0.717, 1.165) is 11.5 Å². The summed E-state index contributed by atoms with van der Waals surface area (Å²) in [4.78, 5) is 4.04. The van der Waals surface area contributed by atoms with Gasteiger partial charge in [-0.2, -0.15) is 0 Å². The number of imidazole rings is 1. The smallest absolute Gasteiger partial charge is 0.306 e. The fourth-order valence-corrected chi connectivity index (χ4v) is 1.01. The second-order valence-electron chi connectivity index (χ2n) is 2.39. The molecule has 2 rings (SSSR count). The van der Waals surface area contributed by atoms with Crippen molar-refractivity contribution in [3.05, 3.63) is 23.8 Å². The molecule has 2 aromatic heterocycles. The average molecular weight is 136 g/mol. The van der Waals surface area contributed by atoms with Crippen molar-refractivity contribution in [3.8, 4) is 0 Å². The van der Waals surface area contributed by atoms with Gasteiger partial charge in [-0.3, -0.25) is 4.40 Å². The van der Waals surface area contributed by atoms with Crippen LogP contribution < -0.4 is 0 Å². The Balaban J connectivity index is 2.90. The van der Waals surface area contributed by atoms with Gasteiger partial charge in [0.1, 0.15) is 5.76 Å². The summed E-state index contributed by atoms with van der Waals surface area (Å²) in [5.41, 5.74) is 1.10. The molecule has 52 valence electrons. The topological polar surface area (TPSA) is 30.4 Å². The van der Waals surface area contributed by atoms with Gasteiger partial charge < -0.3 is 4.42 Å². The zero-order chi connectivity index (χ0) is 7.14. The summed E-state index contributed by atoms with van der Waals surface area (Å²) in [6.45, 7) is 3.91. The number of fused-ring (bicyclic) bond motifs is 1. The monoisotopic (exact) mass is 136 g/mol. The molecule has 3 heteroatoms. The maximum absolute atomic E-state index is 5.24. The quantitative estimate of drug-likeness (QED) is 0.550. The van der Waals surface area contributed by atoms with Crippen LogP contribution in [-0.4, -0.2) is 9.38 Å². The lowest BCUT2D eigenvalue weighted by Gasteiger charge is -1.80. The highest BCUT2D eigenvalue weighted by Gasteiger charge is 2.01. The summed E-state index contributed by atoms with van der Waals surface area (Å²) >= 11 is 0. The van der Waals surface area contributed by atoms with E-state index in [9.17, 15) is 0 Å². The molecule has 0 unspecified atom stereocenters. The lowest BCUT2D eigenvalue weighted by molar-refractivity contribution is 0.562. The third kappa shape index (κ3) is 0.572. The zero-order valence-corrected chi connectivity index (χ0v) is 5.96. The minimum absolute atomic E-state index is 0.676. The van der Waals surface area contributed by atoms with Crippen LogP contribution in [0.1, 0.15) is 11.5 Å². The second-order valence-corrected chi connectivity index (χ2v) is 2.39. The molecule has 0 aromatic carbocycles. The summed E-state index contributed by atoms with van der Waals surface area (Å²) in [6.07, 6.45) is 3.72. The predicted molar refractivity (Wildman–Crippen MR) is 36.9 cm³/mol. The van der Waals surface area contributed by atoms with Crippen LogP contribution in [0, 0.1) is 13.8 Å². The van der Waals surface area contributed by atoms with Gasteiger partial charge in [0.05, 0.1) is 12.4 Å². The first-order valence-electron chi connectivity index (χ1n) is 3.17. The van der Waals surface area contributed by atoms with Crippen LogP contribution in [0.3, 0.4) is 0 Å². The highest BCUT2D eigenvalue weighted by molar-refractivity contribution is 5.27. The number of rotatable bonds is 0. The highest BCUT2D eigenvalue weighted by atomic mass is 16.4. The van der Waals surface area contributed by atoms with Crippen LogP contribution in [0.25, 0.3) is 5.84 Å². The number of oxazole rings is 1. The average Bonchev–Trinajstić information content (AvgIpc) is 2.35. The van der Waals surface area contributed by atoms with Crippen LogP contribution in [0.5, 0.6) is 0 Å².